The van der Waals surface area contributed by atoms with E-state index < -0.39 is 0 Å². The van der Waals surface area contributed by atoms with Crippen molar-refractivity contribution in [2.45, 2.75) is 20.0 Å². The molecular weight excluding hydrogens is 669 g/mol. The number of aryl methyl sites for hydroxylation is 1. The van der Waals surface area contributed by atoms with Gasteiger partial charge in [0, 0.05) is 41.2 Å². The van der Waals surface area contributed by atoms with Crippen LogP contribution in [-0.2, 0) is 17.8 Å². The van der Waals surface area contributed by atoms with Gasteiger partial charge < -0.3 is 14.5 Å². The molecule has 0 radical (unpaired) electrons. The van der Waals surface area contributed by atoms with Crippen LogP contribution in [0.15, 0.2) is 206 Å². The largest absolute Gasteiger partial charge is 0.380 e. The summed E-state index contributed by atoms with van der Waals surface area (Å²) in [4.78, 5) is 4.64. The maximum atomic E-state index is 5.38. The molecule has 8 rings (SSSR count). The molecule has 0 amide bonds. The minimum absolute atomic E-state index is 0.586. The maximum absolute atomic E-state index is 5.38. The van der Waals surface area contributed by atoms with Crippen molar-refractivity contribution in [3.8, 4) is 33.4 Å². The van der Waals surface area contributed by atoms with E-state index in [1.54, 1.807) is 7.11 Å². The van der Waals surface area contributed by atoms with Gasteiger partial charge in [-0.15, -0.1) is 0 Å². The van der Waals surface area contributed by atoms with Crippen LogP contribution < -0.4 is 9.80 Å². The lowest BCUT2D eigenvalue weighted by Crippen LogP contribution is -2.10. The summed E-state index contributed by atoms with van der Waals surface area (Å²) in [5, 5.41) is 0. The lowest BCUT2D eigenvalue weighted by atomic mass is 10.0. The summed E-state index contributed by atoms with van der Waals surface area (Å²) < 4.78 is 5.38. The second-order valence-corrected chi connectivity index (χ2v) is 13.7. The number of hydrogen-bond acceptors (Lipinski definition) is 3. The van der Waals surface area contributed by atoms with E-state index in [1.165, 1.54) is 33.4 Å². The highest BCUT2D eigenvalue weighted by molar-refractivity contribution is 5.82. The van der Waals surface area contributed by atoms with Crippen molar-refractivity contribution in [3.63, 3.8) is 0 Å². The number of anilines is 6. The van der Waals surface area contributed by atoms with Gasteiger partial charge in [-0.1, -0.05) is 140 Å². The minimum atomic E-state index is 0.586. The van der Waals surface area contributed by atoms with Crippen LogP contribution in [0.5, 0.6) is 0 Å². The van der Waals surface area contributed by atoms with Crippen LogP contribution in [0.3, 0.4) is 0 Å². The topological polar surface area (TPSA) is 15.7 Å². The van der Waals surface area contributed by atoms with Gasteiger partial charge in [-0.3, -0.25) is 0 Å². The van der Waals surface area contributed by atoms with Crippen LogP contribution in [0.4, 0.5) is 34.1 Å². The highest BCUT2D eigenvalue weighted by Crippen LogP contribution is 2.39. The molecule has 8 aromatic carbocycles. The van der Waals surface area contributed by atoms with E-state index in [0.717, 1.165) is 51.7 Å². The first-order valence-corrected chi connectivity index (χ1v) is 19.0. The number of hydrogen-bond donors (Lipinski definition) is 0. The van der Waals surface area contributed by atoms with Crippen molar-refractivity contribution in [1.82, 2.24) is 0 Å². The van der Waals surface area contributed by atoms with Crippen LogP contribution in [-0.4, -0.2) is 7.11 Å². The van der Waals surface area contributed by atoms with E-state index in [-0.39, 0.29) is 0 Å². The molecule has 0 aliphatic rings. The average Bonchev–Trinajstić information content (AvgIpc) is 3.26. The third-order valence-electron chi connectivity index (χ3n) is 10.2. The lowest BCUT2D eigenvalue weighted by molar-refractivity contribution is 0.185. The van der Waals surface area contributed by atoms with Gasteiger partial charge in [-0.2, -0.15) is 0 Å². The molecule has 0 bridgehead atoms. The first-order chi connectivity index (χ1) is 27.2. The Morgan fingerprint density at radius 1 is 0.309 bits per heavy atom. The van der Waals surface area contributed by atoms with Crippen molar-refractivity contribution in [2.24, 2.45) is 0 Å². The average molecular weight is 713 g/mol. The molecule has 0 aliphatic carbocycles. The van der Waals surface area contributed by atoms with Crippen LogP contribution in [0.25, 0.3) is 33.4 Å². The summed E-state index contributed by atoms with van der Waals surface area (Å²) in [7, 11) is 1.73. The molecular formula is C52H44N2O. The number of methoxy groups -OCH3 is 1. The number of benzene rings is 8. The maximum Gasteiger partial charge on any atom is 0.0713 e. The second-order valence-electron chi connectivity index (χ2n) is 13.7. The van der Waals surface area contributed by atoms with E-state index in [4.69, 9.17) is 4.74 Å². The molecule has 268 valence electrons. The Labute approximate surface area is 325 Å². The molecule has 3 nitrogen and oxygen atoms in total. The van der Waals surface area contributed by atoms with Crippen molar-refractivity contribution in [3.05, 3.63) is 217 Å². The normalized spacial score (nSPS) is 10.9. The van der Waals surface area contributed by atoms with E-state index >= 15 is 0 Å². The monoisotopic (exact) mass is 712 g/mol. The molecule has 0 heterocycles. The zero-order chi connectivity index (χ0) is 37.4. The summed E-state index contributed by atoms with van der Waals surface area (Å²) in [6, 6.07) is 74.0. The van der Waals surface area contributed by atoms with E-state index in [9.17, 15) is 0 Å². The molecule has 0 unspecified atom stereocenters. The van der Waals surface area contributed by atoms with Gasteiger partial charge >= 0.3 is 0 Å². The third-order valence-corrected chi connectivity index (χ3v) is 10.2. The SMILES string of the molecule is CCc1ccc(N(c2ccc(-c3ccccc3)cc2)c2ccc(-c3ccc(N(c4ccc(COC)cc4)c4ccc(-c5ccccc5)cc4)cc3)cc2)cc1. The van der Waals surface area contributed by atoms with Crippen molar-refractivity contribution in [1.29, 1.82) is 0 Å². The fourth-order valence-corrected chi connectivity index (χ4v) is 7.16. The third kappa shape index (κ3) is 7.99. The molecule has 3 heteroatoms. The quantitative estimate of drug-likeness (QED) is 0.125. The van der Waals surface area contributed by atoms with E-state index in [2.05, 4.69) is 223 Å². The fourth-order valence-electron chi connectivity index (χ4n) is 7.16. The molecule has 8 aromatic rings. The first-order valence-electron chi connectivity index (χ1n) is 19.0. The summed E-state index contributed by atoms with van der Waals surface area (Å²) in [6.07, 6.45) is 1.01. The molecule has 0 spiro atoms. The van der Waals surface area contributed by atoms with Crippen molar-refractivity contribution in [2.75, 3.05) is 16.9 Å². The van der Waals surface area contributed by atoms with Gasteiger partial charge in [-0.25, -0.2) is 0 Å². The molecule has 0 fully saturated rings. The van der Waals surface area contributed by atoms with Crippen LogP contribution >= 0.6 is 0 Å². The van der Waals surface area contributed by atoms with Crippen LogP contribution in [0, 0.1) is 0 Å². The Morgan fingerprint density at radius 3 is 0.836 bits per heavy atom. The van der Waals surface area contributed by atoms with E-state index in [0.29, 0.717) is 6.61 Å². The van der Waals surface area contributed by atoms with Crippen molar-refractivity contribution >= 4 is 34.1 Å². The van der Waals surface area contributed by atoms with Crippen molar-refractivity contribution < 1.29 is 4.74 Å². The molecule has 0 aromatic heterocycles. The number of rotatable bonds is 12. The standard InChI is InChI=1S/C52H44N2O/c1-3-39-14-26-47(27-15-39)53(49-30-18-43(19-31-49)41-10-6-4-7-11-41)51-34-22-45(23-35-51)46-24-36-52(37-25-46)54(48-28-16-40(17-29-48)38-55-2)50-32-20-44(21-33-50)42-12-8-5-9-13-42/h4-37H,3,38H2,1-2H3. The number of nitrogens with zero attached hydrogens (tertiary/aromatic N) is 2. The molecule has 55 heavy (non-hydrogen) atoms. The van der Waals surface area contributed by atoms with Crippen LogP contribution in [0.2, 0.25) is 0 Å². The highest BCUT2D eigenvalue weighted by Gasteiger charge is 2.16. The predicted molar refractivity (Wildman–Crippen MR) is 232 cm³/mol. The molecule has 0 N–H and O–H groups in total. The predicted octanol–water partition coefficient (Wildman–Crippen LogP) is 14.3. The smallest absolute Gasteiger partial charge is 0.0713 e. The molecule has 0 atom stereocenters. The molecule has 0 saturated carbocycles. The summed E-state index contributed by atoms with van der Waals surface area (Å²) in [6.45, 7) is 2.78. The summed E-state index contributed by atoms with van der Waals surface area (Å²) in [5.41, 5.74) is 16.3. The summed E-state index contributed by atoms with van der Waals surface area (Å²) >= 11 is 0. The van der Waals surface area contributed by atoms with Gasteiger partial charge in [0.25, 0.3) is 0 Å². The minimum Gasteiger partial charge on any atom is -0.380 e. The number of ether oxygens (including phenoxy) is 1. The second kappa shape index (κ2) is 16.6. The van der Waals surface area contributed by atoms with Gasteiger partial charge in [0.05, 0.1) is 6.61 Å². The fraction of sp³-hybridized carbons (Fsp3) is 0.0769. The van der Waals surface area contributed by atoms with Crippen LogP contribution in [0.1, 0.15) is 18.1 Å². The van der Waals surface area contributed by atoms with Gasteiger partial charge in [0.1, 0.15) is 0 Å². The summed E-state index contributed by atoms with van der Waals surface area (Å²) in [5.74, 6) is 0. The molecule has 0 aliphatic heterocycles. The Balaban J connectivity index is 1.09. The lowest BCUT2D eigenvalue weighted by Gasteiger charge is -2.26. The zero-order valence-electron chi connectivity index (χ0n) is 31.3. The van der Waals surface area contributed by atoms with E-state index in [1.807, 2.05) is 0 Å². The Kier molecular flexibility index (Phi) is 10.6. The van der Waals surface area contributed by atoms with Gasteiger partial charge in [0.2, 0.25) is 0 Å². The Morgan fingerprint density at radius 2 is 0.564 bits per heavy atom. The zero-order valence-corrected chi connectivity index (χ0v) is 31.3. The highest BCUT2D eigenvalue weighted by atomic mass is 16.5. The Hall–Kier alpha value is -6.68. The first kappa shape index (κ1) is 35.4. The molecule has 0 saturated heterocycles. The Bertz CT molecular complexity index is 2410. The van der Waals surface area contributed by atoms with Gasteiger partial charge in [0.15, 0.2) is 0 Å². The van der Waals surface area contributed by atoms with Gasteiger partial charge in [-0.05, 0) is 124 Å².